The van der Waals surface area contributed by atoms with Crippen LogP contribution in [0.2, 0.25) is 5.02 Å². The van der Waals surface area contributed by atoms with Crippen LogP contribution in [0.4, 0.5) is 15.9 Å². The quantitative estimate of drug-likeness (QED) is 0.416. The van der Waals surface area contributed by atoms with E-state index in [2.05, 4.69) is 31.2 Å². The van der Waals surface area contributed by atoms with E-state index in [4.69, 9.17) is 25.8 Å². The Balaban J connectivity index is 1.65. The number of fused-ring (bicyclic) bond motifs is 1. The molecule has 2 heterocycles. The highest BCUT2D eigenvalue weighted by molar-refractivity contribution is 9.09. The molecule has 158 valence electrons. The number of benzene rings is 2. The van der Waals surface area contributed by atoms with Gasteiger partial charge in [0.2, 0.25) is 0 Å². The lowest BCUT2D eigenvalue weighted by molar-refractivity contribution is 0.0668. The van der Waals surface area contributed by atoms with Gasteiger partial charge in [-0.25, -0.2) is 14.4 Å². The van der Waals surface area contributed by atoms with Gasteiger partial charge in [0, 0.05) is 29.1 Å². The largest absolute Gasteiger partial charge is 0.489 e. The second-order valence-corrected chi connectivity index (χ2v) is 7.98. The fourth-order valence-corrected chi connectivity index (χ4v) is 3.55. The summed E-state index contributed by atoms with van der Waals surface area (Å²) in [5.41, 5.74) is 1.30. The lowest BCUT2D eigenvalue weighted by Crippen LogP contribution is -2.16. The van der Waals surface area contributed by atoms with E-state index in [1.165, 1.54) is 18.5 Å². The van der Waals surface area contributed by atoms with Crippen molar-refractivity contribution in [2.45, 2.75) is 18.9 Å². The third-order valence-electron chi connectivity index (χ3n) is 4.67. The molecule has 1 aliphatic heterocycles. The summed E-state index contributed by atoms with van der Waals surface area (Å²) in [6, 6.07) is 8.08. The molecule has 9 heteroatoms. The first-order chi connectivity index (χ1) is 14.6. The van der Waals surface area contributed by atoms with Crippen LogP contribution in [0, 0.1) is 5.82 Å². The van der Waals surface area contributed by atoms with Crippen molar-refractivity contribution >= 4 is 49.9 Å². The highest BCUT2D eigenvalue weighted by atomic mass is 79.9. The van der Waals surface area contributed by atoms with Crippen molar-refractivity contribution in [3.63, 3.8) is 0 Å². The summed E-state index contributed by atoms with van der Waals surface area (Å²) in [5, 5.41) is 4.62. The van der Waals surface area contributed by atoms with E-state index in [9.17, 15) is 4.39 Å². The minimum Gasteiger partial charge on any atom is -0.489 e. The van der Waals surface area contributed by atoms with Gasteiger partial charge in [-0.3, -0.25) is 0 Å². The molecule has 0 amide bonds. The zero-order valence-corrected chi connectivity index (χ0v) is 18.4. The topological polar surface area (TPSA) is 65.5 Å². The molecule has 1 saturated heterocycles. The van der Waals surface area contributed by atoms with Crippen LogP contribution >= 0.6 is 27.5 Å². The average Bonchev–Trinajstić information content (AvgIpc) is 3.27. The fourth-order valence-electron chi connectivity index (χ4n) is 3.21. The molecule has 1 fully saturated rings. The van der Waals surface area contributed by atoms with Crippen LogP contribution in [0.3, 0.4) is 0 Å². The molecular formula is C21H20BrClFN3O3. The van der Waals surface area contributed by atoms with Crippen LogP contribution in [0.5, 0.6) is 11.5 Å². The molecule has 1 aliphatic rings. The maximum atomic E-state index is 13.5. The van der Waals surface area contributed by atoms with Gasteiger partial charge in [0.25, 0.3) is 0 Å². The smallest absolute Gasteiger partial charge is 0.163 e. The summed E-state index contributed by atoms with van der Waals surface area (Å²) in [4.78, 5) is 8.69. The van der Waals surface area contributed by atoms with Gasteiger partial charge in [-0.1, -0.05) is 27.5 Å². The average molecular weight is 497 g/mol. The van der Waals surface area contributed by atoms with Gasteiger partial charge in [0.15, 0.2) is 11.5 Å². The number of hydrogen-bond acceptors (Lipinski definition) is 6. The number of aromatic nitrogens is 2. The van der Waals surface area contributed by atoms with E-state index in [0.717, 1.165) is 24.8 Å². The van der Waals surface area contributed by atoms with E-state index in [-0.39, 0.29) is 11.1 Å². The van der Waals surface area contributed by atoms with Gasteiger partial charge >= 0.3 is 0 Å². The Hall–Kier alpha value is -2.16. The number of anilines is 2. The Morgan fingerprint density at radius 1 is 1.20 bits per heavy atom. The summed E-state index contributed by atoms with van der Waals surface area (Å²) in [6.07, 6.45) is 3.59. The number of nitrogens with zero attached hydrogens (tertiary/aromatic N) is 2. The summed E-state index contributed by atoms with van der Waals surface area (Å²) in [7, 11) is 0. The van der Waals surface area contributed by atoms with Crippen LogP contribution in [0.25, 0.3) is 10.9 Å². The van der Waals surface area contributed by atoms with Crippen LogP contribution in [0.1, 0.15) is 12.8 Å². The van der Waals surface area contributed by atoms with Gasteiger partial charge in [-0.2, -0.15) is 0 Å². The zero-order chi connectivity index (χ0) is 20.9. The second kappa shape index (κ2) is 9.76. The van der Waals surface area contributed by atoms with E-state index >= 15 is 0 Å². The molecule has 0 spiro atoms. The summed E-state index contributed by atoms with van der Waals surface area (Å²) >= 11 is 9.27. The predicted octanol–water partition coefficient (Wildman–Crippen LogP) is 5.50. The van der Waals surface area contributed by atoms with E-state index in [1.807, 2.05) is 12.1 Å². The maximum Gasteiger partial charge on any atom is 0.163 e. The first kappa shape index (κ1) is 21.1. The SMILES string of the molecule is Fc1ccc(Nc2ncnc3cc(OCC4CCCO4)c(OCCBr)cc23)cc1Cl. The third kappa shape index (κ3) is 4.94. The molecule has 0 saturated carbocycles. The molecule has 30 heavy (non-hydrogen) atoms. The standard InChI is InChI=1S/C21H20BrClFN3O3/c22-5-7-29-19-9-15-18(10-20(19)30-11-14-2-1-6-28-14)25-12-26-21(15)27-13-3-4-17(24)16(23)8-13/h3-4,8-10,12,14H,1-2,5-7,11H2,(H,25,26,27). The number of alkyl halides is 1. The van der Waals surface area contributed by atoms with Crippen molar-refractivity contribution in [2.24, 2.45) is 0 Å². The molecule has 6 nitrogen and oxygen atoms in total. The van der Waals surface area contributed by atoms with Crippen molar-refractivity contribution in [3.05, 3.63) is 47.5 Å². The van der Waals surface area contributed by atoms with Crippen LogP contribution in [-0.4, -0.2) is 41.2 Å². The summed E-state index contributed by atoms with van der Waals surface area (Å²) < 4.78 is 31.0. The molecule has 4 rings (SSSR count). The molecule has 2 aromatic carbocycles. The van der Waals surface area contributed by atoms with Gasteiger partial charge in [-0.15, -0.1) is 0 Å². The van der Waals surface area contributed by atoms with Crippen LogP contribution in [-0.2, 0) is 4.74 Å². The van der Waals surface area contributed by atoms with Crippen molar-refractivity contribution in [3.8, 4) is 11.5 Å². The molecule has 0 radical (unpaired) electrons. The number of ether oxygens (including phenoxy) is 3. The van der Waals surface area contributed by atoms with E-state index in [1.54, 1.807) is 6.07 Å². The number of hydrogen-bond donors (Lipinski definition) is 1. The number of rotatable bonds is 8. The van der Waals surface area contributed by atoms with Gasteiger partial charge in [-0.05, 0) is 37.1 Å². The molecule has 1 N–H and O–H groups in total. The van der Waals surface area contributed by atoms with Gasteiger partial charge < -0.3 is 19.5 Å². The molecule has 0 bridgehead atoms. The van der Waals surface area contributed by atoms with E-state index in [0.29, 0.717) is 47.1 Å². The highest BCUT2D eigenvalue weighted by Crippen LogP contribution is 2.35. The predicted molar refractivity (Wildman–Crippen MR) is 118 cm³/mol. The van der Waals surface area contributed by atoms with Crippen molar-refractivity contribution in [1.82, 2.24) is 9.97 Å². The van der Waals surface area contributed by atoms with E-state index < -0.39 is 5.82 Å². The Morgan fingerprint density at radius 3 is 2.83 bits per heavy atom. The zero-order valence-electron chi connectivity index (χ0n) is 16.0. The maximum absolute atomic E-state index is 13.5. The van der Waals surface area contributed by atoms with Gasteiger partial charge in [0.1, 0.15) is 24.6 Å². The van der Waals surface area contributed by atoms with Crippen molar-refractivity contribution < 1.29 is 18.6 Å². The number of halogens is 3. The monoisotopic (exact) mass is 495 g/mol. The second-order valence-electron chi connectivity index (χ2n) is 6.78. The van der Waals surface area contributed by atoms with Crippen molar-refractivity contribution in [1.29, 1.82) is 0 Å². The summed E-state index contributed by atoms with van der Waals surface area (Å²) in [6.45, 7) is 1.71. The Labute approximate surface area is 186 Å². The lowest BCUT2D eigenvalue weighted by Gasteiger charge is -2.17. The molecule has 1 aromatic heterocycles. The molecule has 1 unspecified atom stereocenters. The normalized spacial score (nSPS) is 16.0. The summed E-state index contributed by atoms with van der Waals surface area (Å²) in [5.74, 6) is 1.27. The third-order valence-corrected chi connectivity index (χ3v) is 5.28. The minimum atomic E-state index is -0.478. The first-order valence-electron chi connectivity index (χ1n) is 9.58. The Morgan fingerprint density at radius 2 is 2.07 bits per heavy atom. The minimum absolute atomic E-state index is 0.0320. The molecule has 0 aliphatic carbocycles. The van der Waals surface area contributed by atoms with Gasteiger partial charge in [0.05, 0.1) is 23.3 Å². The first-order valence-corrected chi connectivity index (χ1v) is 11.1. The lowest BCUT2D eigenvalue weighted by atomic mass is 10.2. The Bertz CT molecular complexity index is 1030. The Kier molecular flexibility index (Phi) is 6.86. The number of nitrogens with one attached hydrogen (secondary N) is 1. The van der Waals surface area contributed by atoms with Crippen LogP contribution < -0.4 is 14.8 Å². The van der Waals surface area contributed by atoms with Crippen molar-refractivity contribution in [2.75, 3.05) is 30.5 Å². The van der Waals surface area contributed by atoms with Crippen LogP contribution in [0.15, 0.2) is 36.7 Å². The molecule has 3 aromatic rings. The highest BCUT2D eigenvalue weighted by Gasteiger charge is 2.18. The fraction of sp³-hybridized carbons (Fsp3) is 0.333. The molecule has 1 atom stereocenters. The molecular weight excluding hydrogens is 477 g/mol.